The van der Waals surface area contributed by atoms with Crippen LogP contribution in [0.5, 0.6) is 0 Å². The lowest BCUT2D eigenvalue weighted by atomic mass is 10.1. The van der Waals surface area contributed by atoms with Crippen LogP contribution in [-0.2, 0) is 0 Å². The predicted octanol–water partition coefficient (Wildman–Crippen LogP) is 1.47. The highest BCUT2D eigenvalue weighted by molar-refractivity contribution is 8.15. The molecule has 2 unspecified atom stereocenters. The molecule has 0 radical (unpaired) electrons. The molecule has 2 aliphatic rings. The SMILES string of the molecule is ON=C1SC2C=CC1C2. The fourth-order valence-corrected chi connectivity index (χ4v) is 2.46. The first kappa shape index (κ1) is 5.35. The van der Waals surface area contributed by atoms with E-state index in [9.17, 15) is 0 Å². The number of thioether (sulfide) groups is 1. The molecule has 0 saturated carbocycles. The molecule has 1 fully saturated rings. The third kappa shape index (κ3) is 0.678. The van der Waals surface area contributed by atoms with Crippen molar-refractivity contribution in [3.63, 3.8) is 0 Å². The fourth-order valence-electron chi connectivity index (χ4n) is 1.28. The first-order valence-electron chi connectivity index (χ1n) is 2.97. The van der Waals surface area contributed by atoms with E-state index in [-0.39, 0.29) is 0 Å². The van der Waals surface area contributed by atoms with E-state index in [0.717, 1.165) is 11.5 Å². The molecule has 2 rings (SSSR count). The molecular formula is C6H7NOS. The minimum Gasteiger partial charge on any atom is -0.410 e. The standard InChI is InChI=1S/C6H7NOS/c8-7-6-4-1-2-5(3-4)9-6/h1-2,4-5,8H,3H2. The van der Waals surface area contributed by atoms with Crippen LogP contribution in [0.1, 0.15) is 6.42 Å². The molecule has 1 aliphatic heterocycles. The second-order valence-corrected chi connectivity index (χ2v) is 3.58. The molecule has 2 atom stereocenters. The van der Waals surface area contributed by atoms with Crippen molar-refractivity contribution in [2.24, 2.45) is 11.1 Å². The van der Waals surface area contributed by atoms with Crippen molar-refractivity contribution in [3.8, 4) is 0 Å². The van der Waals surface area contributed by atoms with Gasteiger partial charge in [0.2, 0.25) is 0 Å². The largest absolute Gasteiger partial charge is 0.410 e. The van der Waals surface area contributed by atoms with Gasteiger partial charge in [0, 0.05) is 11.2 Å². The summed E-state index contributed by atoms with van der Waals surface area (Å²) >= 11 is 1.67. The quantitative estimate of drug-likeness (QED) is 0.315. The van der Waals surface area contributed by atoms with Crippen molar-refractivity contribution in [1.29, 1.82) is 0 Å². The summed E-state index contributed by atoms with van der Waals surface area (Å²) in [5.74, 6) is 0.435. The Morgan fingerprint density at radius 2 is 2.56 bits per heavy atom. The van der Waals surface area contributed by atoms with Crippen LogP contribution >= 0.6 is 11.8 Å². The Kier molecular flexibility index (Phi) is 1.05. The molecule has 1 aliphatic carbocycles. The molecule has 2 nitrogen and oxygen atoms in total. The van der Waals surface area contributed by atoms with E-state index in [4.69, 9.17) is 5.21 Å². The van der Waals surface area contributed by atoms with Gasteiger partial charge in [-0.2, -0.15) is 0 Å². The number of allylic oxidation sites excluding steroid dienone is 1. The smallest absolute Gasteiger partial charge is 0.120 e. The second kappa shape index (κ2) is 1.77. The summed E-state index contributed by atoms with van der Waals surface area (Å²) in [6, 6.07) is 0. The van der Waals surface area contributed by atoms with E-state index in [0.29, 0.717) is 11.2 Å². The Bertz CT molecular complexity index is 187. The van der Waals surface area contributed by atoms with E-state index < -0.39 is 0 Å². The van der Waals surface area contributed by atoms with Crippen LogP contribution in [0, 0.1) is 5.92 Å². The molecule has 0 aromatic rings. The maximum atomic E-state index is 8.42. The van der Waals surface area contributed by atoms with E-state index in [2.05, 4.69) is 17.3 Å². The highest BCUT2D eigenvalue weighted by Crippen LogP contribution is 2.40. The summed E-state index contributed by atoms with van der Waals surface area (Å²) in [7, 11) is 0. The average Bonchev–Trinajstić information content (AvgIpc) is 2.45. The van der Waals surface area contributed by atoms with E-state index in [1.165, 1.54) is 0 Å². The summed E-state index contributed by atoms with van der Waals surface area (Å²) < 4.78 is 0. The number of nitrogens with zero attached hydrogens (tertiary/aromatic N) is 1. The van der Waals surface area contributed by atoms with E-state index >= 15 is 0 Å². The topological polar surface area (TPSA) is 32.6 Å². The van der Waals surface area contributed by atoms with Crippen LogP contribution < -0.4 is 0 Å². The van der Waals surface area contributed by atoms with Crippen LogP contribution in [0.25, 0.3) is 0 Å². The molecule has 3 heteroatoms. The van der Waals surface area contributed by atoms with Gasteiger partial charge < -0.3 is 5.21 Å². The van der Waals surface area contributed by atoms with Crippen LogP contribution in [0.2, 0.25) is 0 Å². The van der Waals surface area contributed by atoms with Crippen molar-refractivity contribution in [1.82, 2.24) is 0 Å². The summed E-state index contributed by atoms with van der Waals surface area (Å²) in [5.41, 5.74) is 0. The highest BCUT2D eigenvalue weighted by Gasteiger charge is 2.33. The minimum atomic E-state index is 0.435. The molecule has 0 aromatic heterocycles. The molecule has 48 valence electrons. The number of hydrogen-bond donors (Lipinski definition) is 1. The molecule has 0 aromatic carbocycles. The zero-order chi connectivity index (χ0) is 6.27. The maximum absolute atomic E-state index is 8.42. The zero-order valence-corrected chi connectivity index (χ0v) is 5.64. The summed E-state index contributed by atoms with van der Waals surface area (Å²) in [4.78, 5) is 0. The van der Waals surface area contributed by atoms with Crippen LogP contribution in [0.3, 0.4) is 0 Å². The van der Waals surface area contributed by atoms with Crippen molar-refractivity contribution in [2.75, 3.05) is 0 Å². The summed E-state index contributed by atoms with van der Waals surface area (Å²) in [5, 5.41) is 13.1. The maximum Gasteiger partial charge on any atom is 0.120 e. The van der Waals surface area contributed by atoms with Gasteiger partial charge in [0.15, 0.2) is 0 Å². The van der Waals surface area contributed by atoms with Gasteiger partial charge in [-0.3, -0.25) is 0 Å². The van der Waals surface area contributed by atoms with Crippen molar-refractivity contribution in [2.45, 2.75) is 11.7 Å². The summed E-state index contributed by atoms with van der Waals surface area (Å²) in [6.07, 6.45) is 5.45. The van der Waals surface area contributed by atoms with Gasteiger partial charge in [-0.1, -0.05) is 29.1 Å². The van der Waals surface area contributed by atoms with Crippen LogP contribution in [0.15, 0.2) is 17.3 Å². The lowest BCUT2D eigenvalue weighted by Gasteiger charge is -2.01. The normalized spacial score (nSPS) is 42.9. The van der Waals surface area contributed by atoms with Gasteiger partial charge in [0.25, 0.3) is 0 Å². The Labute approximate surface area is 57.6 Å². The number of rotatable bonds is 0. The number of fused-ring (bicyclic) bond motifs is 2. The number of oxime groups is 1. The molecule has 0 amide bonds. The average molecular weight is 141 g/mol. The Hall–Kier alpha value is -0.440. The Morgan fingerprint density at radius 1 is 1.67 bits per heavy atom. The Balaban J connectivity index is 2.29. The lowest BCUT2D eigenvalue weighted by Crippen LogP contribution is -1.99. The van der Waals surface area contributed by atoms with Gasteiger partial charge >= 0.3 is 0 Å². The molecule has 1 saturated heterocycles. The molecule has 2 bridgehead atoms. The van der Waals surface area contributed by atoms with Crippen LogP contribution in [-0.4, -0.2) is 15.5 Å². The second-order valence-electron chi connectivity index (χ2n) is 2.32. The van der Waals surface area contributed by atoms with Gasteiger partial charge in [0.05, 0.1) is 0 Å². The number of hydrogen-bond acceptors (Lipinski definition) is 3. The van der Waals surface area contributed by atoms with Crippen molar-refractivity contribution >= 4 is 16.8 Å². The van der Waals surface area contributed by atoms with E-state index in [1.54, 1.807) is 11.8 Å². The predicted molar refractivity (Wildman–Crippen MR) is 37.8 cm³/mol. The molecule has 9 heavy (non-hydrogen) atoms. The third-order valence-electron chi connectivity index (χ3n) is 1.73. The lowest BCUT2D eigenvalue weighted by molar-refractivity contribution is 0.318. The third-order valence-corrected chi connectivity index (χ3v) is 3.01. The first-order chi connectivity index (χ1) is 4.40. The zero-order valence-electron chi connectivity index (χ0n) is 4.82. The van der Waals surface area contributed by atoms with Gasteiger partial charge in [-0.05, 0) is 6.42 Å². The minimum absolute atomic E-state index is 0.435. The van der Waals surface area contributed by atoms with Crippen LogP contribution in [0.4, 0.5) is 0 Å². The first-order valence-corrected chi connectivity index (χ1v) is 3.85. The monoisotopic (exact) mass is 141 g/mol. The van der Waals surface area contributed by atoms with Crippen molar-refractivity contribution < 1.29 is 5.21 Å². The van der Waals surface area contributed by atoms with Gasteiger partial charge in [-0.15, -0.1) is 0 Å². The van der Waals surface area contributed by atoms with Crippen molar-refractivity contribution in [3.05, 3.63) is 12.2 Å². The van der Waals surface area contributed by atoms with Gasteiger partial charge in [0.1, 0.15) is 5.04 Å². The van der Waals surface area contributed by atoms with Gasteiger partial charge in [-0.25, -0.2) is 0 Å². The molecule has 0 spiro atoms. The fraction of sp³-hybridized carbons (Fsp3) is 0.500. The Morgan fingerprint density at radius 3 is 2.89 bits per heavy atom. The molecule has 1 N–H and O–H groups in total. The molecule has 1 heterocycles. The van der Waals surface area contributed by atoms with E-state index in [1.807, 2.05) is 0 Å². The summed E-state index contributed by atoms with van der Waals surface area (Å²) in [6.45, 7) is 0. The molecular weight excluding hydrogens is 134 g/mol. The highest BCUT2D eigenvalue weighted by atomic mass is 32.2.